The van der Waals surface area contributed by atoms with Crippen LogP contribution in [-0.2, 0) is 4.43 Å². The lowest BCUT2D eigenvalue weighted by atomic mass is 10.4. The first kappa shape index (κ1) is 14.9. The molecule has 2 heteroatoms. The van der Waals surface area contributed by atoms with Gasteiger partial charge in [-0.15, -0.1) is 6.58 Å². The Balaban J connectivity index is 4.24. The number of hydrogen-bond acceptors (Lipinski definition) is 1. The van der Waals surface area contributed by atoms with Crippen LogP contribution < -0.4 is 0 Å². The van der Waals surface area contributed by atoms with Gasteiger partial charge in [0.05, 0.1) is 0 Å². The van der Waals surface area contributed by atoms with E-state index in [1.165, 1.54) is 37.8 Å². The van der Waals surface area contributed by atoms with Crippen molar-refractivity contribution in [1.82, 2.24) is 0 Å². The van der Waals surface area contributed by atoms with Crippen LogP contribution in [0.2, 0.25) is 18.1 Å². The average Bonchev–Trinajstić information content (AvgIpc) is 2.19. The van der Waals surface area contributed by atoms with Crippen LogP contribution in [0.3, 0.4) is 0 Å². The summed E-state index contributed by atoms with van der Waals surface area (Å²) in [6.45, 7) is 11.6. The zero-order valence-corrected chi connectivity index (χ0v) is 11.8. The fourth-order valence-electron chi connectivity index (χ4n) is 2.14. The Kier molecular flexibility index (Phi) is 9.11. The zero-order chi connectivity index (χ0) is 11.6. The molecule has 0 rings (SSSR count). The summed E-state index contributed by atoms with van der Waals surface area (Å²) in [5.41, 5.74) is 0. The molecule has 0 fully saturated rings. The Morgan fingerprint density at radius 3 is 2.07 bits per heavy atom. The van der Waals surface area contributed by atoms with Crippen LogP contribution in [0.1, 0.15) is 46.5 Å². The molecule has 0 aliphatic rings. The van der Waals surface area contributed by atoms with Crippen molar-refractivity contribution in [3.8, 4) is 0 Å². The van der Waals surface area contributed by atoms with Crippen LogP contribution in [0, 0.1) is 0 Å². The first-order chi connectivity index (χ1) is 7.24. The fraction of sp³-hybridized carbons (Fsp3) is 0.846. The lowest BCUT2D eigenvalue weighted by molar-refractivity contribution is 0.290. The first-order valence-corrected chi connectivity index (χ1v) is 9.02. The number of rotatable bonds is 10. The topological polar surface area (TPSA) is 9.23 Å². The summed E-state index contributed by atoms with van der Waals surface area (Å²) in [6, 6.07) is 3.74. The SMILES string of the molecule is C=CC[Si](CCC)(CCC)OCCCC. The molecule has 0 aliphatic heterocycles. The van der Waals surface area contributed by atoms with Gasteiger partial charge in [0.2, 0.25) is 0 Å². The minimum Gasteiger partial charge on any atom is -0.416 e. The standard InChI is InChI=1S/C13H28OSi/c1-5-9-10-14-15(11-6-2,12-7-3)13-8-4/h6H,2,5,7-13H2,1,3-4H3. The zero-order valence-electron chi connectivity index (χ0n) is 10.8. The van der Waals surface area contributed by atoms with E-state index in [2.05, 4.69) is 33.4 Å². The second kappa shape index (κ2) is 9.17. The van der Waals surface area contributed by atoms with E-state index in [4.69, 9.17) is 4.43 Å². The van der Waals surface area contributed by atoms with Crippen LogP contribution in [0.5, 0.6) is 0 Å². The van der Waals surface area contributed by atoms with Crippen molar-refractivity contribution in [2.45, 2.75) is 64.6 Å². The van der Waals surface area contributed by atoms with Crippen molar-refractivity contribution >= 4 is 8.32 Å². The molecule has 0 aliphatic carbocycles. The average molecular weight is 228 g/mol. The maximum absolute atomic E-state index is 6.26. The van der Waals surface area contributed by atoms with Crippen molar-refractivity contribution in [3.05, 3.63) is 12.7 Å². The van der Waals surface area contributed by atoms with Gasteiger partial charge >= 0.3 is 0 Å². The summed E-state index contributed by atoms with van der Waals surface area (Å²) in [5.74, 6) is 0. The monoisotopic (exact) mass is 228 g/mol. The van der Waals surface area contributed by atoms with Crippen LogP contribution in [0.15, 0.2) is 12.7 Å². The van der Waals surface area contributed by atoms with Crippen molar-refractivity contribution in [3.63, 3.8) is 0 Å². The fourth-order valence-corrected chi connectivity index (χ4v) is 6.13. The molecule has 90 valence electrons. The molecular formula is C13H28OSi. The normalized spacial score (nSPS) is 11.7. The first-order valence-electron chi connectivity index (χ1n) is 6.49. The molecule has 0 atom stereocenters. The maximum atomic E-state index is 6.26. The molecule has 0 spiro atoms. The number of unbranched alkanes of at least 4 members (excludes halogenated alkanes) is 1. The van der Waals surface area contributed by atoms with Crippen molar-refractivity contribution in [1.29, 1.82) is 0 Å². The molecule has 0 heterocycles. The highest BCUT2D eigenvalue weighted by molar-refractivity contribution is 6.74. The summed E-state index contributed by atoms with van der Waals surface area (Å²) in [5, 5.41) is 0. The highest BCUT2D eigenvalue weighted by Crippen LogP contribution is 2.26. The van der Waals surface area contributed by atoms with E-state index in [0.717, 1.165) is 12.7 Å². The highest BCUT2D eigenvalue weighted by Gasteiger charge is 2.31. The van der Waals surface area contributed by atoms with E-state index >= 15 is 0 Å². The molecule has 0 aromatic carbocycles. The predicted octanol–water partition coefficient (Wildman–Crippen LogP) is 4.75. The smallest absolute Gasteiger partial charge is 0.196 e. The van der Waals surface area contributed by atoms with E-state index in [1.807, 2.05) is 0 Å². The molecule has 1 nitrogen and oxygen atoms in total. The Hall–Kier alpha value is -0.0831. The highest BCUT2D eigenvalue weighted by atomic mass is 28.4. The van der Waals surface area contributed by atoms with Gasteiger partial charge in [-0.05, 0) is 24.6 Å². The molecular weight excluding hydrogens is 200 g/mol. The summed E-state index contributed by atoms with van der Waals surface area (Å²) in [7, 11) is -1.45. The molecule has 0 bridgehead atoms. The van der Waals surface area contributed by atoms with E-state index in [1.54, 1.807) is 0 Å². The molecule has 0 saturated carbocycles. The van der Waals surface area contributed by atoms with Crippen LogP contribution in [0.4, 0.5) is 0 Å². The quantitative estimate of drug-likeness (QED) is 0.298. The van der Waals surface area contributed by atoms with Gasteiger partial charge in [-0.3, -0.25) is 0 Å². The van der Waals surface area contributed by atoms with Crippen LogP contribution in [0.25, 0.3) is 0 Å². The summed E-state index contributed by atoms with van der Waals surface area (Å²) in [6.07, 6.45) is 7.03. The molecule has 0 amide bonds. The molecule has 0 unspecified atom stereocenters. The second-order valence-corrected chi connectivity index (χ2v) is 8.44. The van der Waals surface area contributed by atoms with Crippen molar-refractivity contribution in [2.24, 2.45) is 0 Å². The Morgan fingerprint density at radius 1 is 1.07 bits per heavy atom. The van der Waals surface area contributed by atoms with Gasteiger partial charge < -0.3 is 4.43 Å². The third-order valence-electron chi connectivity index (χ3n) is 2.83. The van der Waals surface area contributed by atoms with Gasteiger partial charge in [-0.25, -0.2) is 0 Å². The van der Waals surface area contributed by atoms with Crippen molar-refractivity contribution < 1.29 is 4.43 Å². The van der Waals surface area contributed by atoms with Gasteiger partial charge in [0.15, 0.2) is 8.32 Å². The van der Waals surface area contributed by atoms with E-state index in [9.17, 15) is 0 Å². The lowest BCUT2D eigenvalue weighted by Gasteiger charge is -2.30. The molecule has 0 aromatic heterocycles. The minimum absolute atomic E-state index is 0.969. The molecule has 0 aromatic rings. The van der Waals surface area contributed by atoms with Gasteiger partial charge in [0.1, 0.15) is 0 Å². The van der Waals surface area contributed by atoms with Gasteiger partial charge in [0, 0.05) is 6.61 Å². The third kappa shape index (κ3) is 6.16. The Labute approximate surface area is 97.0 Å². The largest absolute Gasteiger partial charge is 0.416 e. The molecule has 0 N–H and O–H groups in total. The summed E-state index contributed by atoms with van der Waals surface area (Å²) < 4.78 is 6.26. The lowest BCUT2D eigenvalue weighted by Crippen LogP contribution is -2.37. The molecule has 15 heavy (non-hydrogen) atoms. The van der Waals surface area contributed by atoms with Crippen LogP contribution >= 0.6 is 0 Å². The predicted molar refractivity (Wildman–Crippen MR) is 71.8 cm³/mol. The maximum Gasteiger partial charge on any atom is 0.196 e. The summed E-state index contributed by atoms with van der Waals surface area (Å²) in [4.78, 5) is 0. The number of allylic oxidation sites excluding steroid dienone is 1. The van der Waals surface area contributed by atoms with Gasteiger partial charge in [-0.2, -0.15) is 0 Å². The summed E-state index contributed by atoms with van der Waals surface area (Å²) >= 11 is 0. The minimum atomic E-state index is -1.45. The van der Waals surface area contributed by atoms with Gasteiger partial charge in [0.25, 0.3) is 0 Å². The van der Waals surface area contributed by atoms with Gasteiger partial charge in [-0.1, -0.05) is 46.1 Å². The van der Waals surface area contributed by atoms with E-state index in [0.29, 0.717) is 0 Å². The molecule has 0 saturated heterocycles. The van der Waals surface area contributed by atoms with E-state index < -0.39 is 8.32 Å². The second-order valence-electron chi connectivity index (χ2n) is 4.38. The van der Waals surface area contributed by atoms with E-state index in [-0.39, 0.29) is 0 Å². The van der Waals surface area contributed by atoms with Crippen molar-refractivity contribution in [2.75, 3.05) is 6.61 Å². The Bertz CT molecular complexity index is 151. The Morgan fingerprint density at radius 2 is 1.67 bits per heavy atom. The molecule has 0 radical (unpaired) electrons. The number of hydrogen-bond donors (Lipinski definition) is 0. The van der Waals surface area contributed by atoms with Crippen LogP contribution in [-0.4, -0.2) is 14.9 Å². The third-order valence-corrected chi connectivity index (χ3v) is 7.51.